The summed E-state index contributed by atoms with van der Waals surface area (Å²) < 4.78 is 119. The van der Waals surface area contributed by atoms with E-state index in [-0.39, 0.29) is 44.8 Å². The van der Waals surface area contributed by atoms with E-state index in [4.69, 9.17) is 44.4 Å². The van der Waals surface area contributed by atoms with Gasteiger partial charge < -0.3 is 24.4 Å². The lowest BCUT2D eigenvalue weighted by molar-refractivity contribution is -0.138. The second-order valence-corrected chi connectivity index (χ2v) is 15.6. The summed E-state index contributed by atoms with van der Waals surface area (Å²) >= 11 is 10.8. The zero-order valence-electron chi connectivity index (χ0n) is 34.5. The number of phenols is 1. The Kier molecular flexibility index (Phi) is 13.7. The van der Waals surface area contributed by atoms with Crippen molar-refractivity contribution >= 4 is 69.2 Å². The second kappa shape index (κ2) is 18.0. The largest absolute Gasteiger partial charge is 0.505 e. The highest BCUT2D eigenvalue weighted by atomic mass is 32.1. The summed E-state index contributed by atoms with van der Waals surface area (Å²) in [7, 11) is 0. The topological polar surface area (TPSA) is 133 Å². The van der Waals surface area contributed by atoms with Gasteiger partial charge in [-0.3, -0.25) is 19.4 Å². The van der Waals surface area contributed by atoms with Gasteiger partial charge >= 0.3 is 12.4 Å². The van der Waals surface area contributed by atoms with Gasteiger partial charge in [0.1, 0.15) is 17.2 Å². The lowest BCUT2D eigenvalue weighted by atomic mass is 10.0. The second-order valence-electron chi connectivity index (χ2n) is 14.8. The van der Waals surface area contributed by atoms with E-state index in [1.807, 2.05) is 13.8 Å². The van der Waals surface area contributed by atoms with Crippen LogP contribution in [-0.4, -0.2) is 57.5 Å². The van der Waals surface area contributed by atoms with Crippen molar-refractivity contribution in [3.8, 4) is 23.6 Å². The smallest absolute Gasteiger partial charge is 0.417 e. The molecule has 0 aliphatic carbocycles. The predicted octanol–water partition coefficient (Wildman–Crippen LogP) is 9.78. The van der Waals surface area contributed by atoms with E-state index in [9.17, 15) is 49.8 Å². The summed E-state index contributed by atoms with van der Waals surface area (Å²) in [4.78, 5) is 30.7. The Morgan fingerprint density at radius 1 is 0.672 bits per heavy atom. The maximum Gasteiger partial charge on any atom is 0.417 e. The molecular formula is C43H36F8N6O5S2. The molecule has 2 amide bonds. The van der Waals surface area contributed by atoms with E-state index in [1.54, 1.807) is 0 Å². The van der Waals surface area contributed by atoms with Gasteiger partial charge in [-0.25, -0.2) is 8.78 Å². The SMILES string of the molecule is CC.CC1(C)C(=O)N(c2ccc(C#N)c(C(F)(F)F)c2)C(=S)N1c1ccc(O)c(F)c1.CC1(C)C(=O)N(c2ccc(C#N)c(C(F)(F)F)c2)C(=S)N1c1ccc(OC2COC2)c(F)c1. The third kappa shape index (κ3) is 9.01. The van der Waals surface area contributed by atoms with Gasteiger partial charge in [-0.15, -0.1) is 0 Å². The lowest BCUT2D eigenvalue weighted by Crippen LogP contribution is -2.44. The van der Waals surface area contributed by atoms with Crippen molar-refractivity contribution in [3.05, 3.63) is 107 Å². The fourth-order valence-corrected chi connectivity index (χ4v) is 7.78. The van der Waals surface area contributed by atoms with Crippen molar-refractivity contribution in [1.82, 2.24) is 0 Å². The van der Waals surface area contributed by atoms with Crippen LogP contribution in [0.25, 0.3) is 0 Å². The fourth-order valence-electron chi connectivity index (χ4n) is 6.74. The minimum absolute atomic E-state index is 0.0139. The average Bonchev–Trinajstić information content (AvgIpc) is 3.51. The van der Waals surface area contributed by atoms with Crippen molar-refractivity contribution in [3.63, 3.8) is 0 Å². The number of hydrogen-bond acceptors (Lipinski definition) is 9. The van der Waals surface area contributed by atoms with E-state index >= 15 is 0 Å². The lowest BCUT2D eigenvalue weighted by Gasteiger charge is -2.30. The van der Waals surface area contributed by atoms with Crippen LogP contribution in [0.15, 0.2) is 72.8 Å². The molecular weight excluding hydrogens is 897 g/mol. The van der Waals surface area contributed by atoms with E-state index in [2.05, 4.69) is 0 Å². The molecule has 3 aliphatic heterocycles. The highest BCUT2D eigenvalue weighted by Gasteiger charge is 2.52. The molecule has 0 unspecified atom stereocenters. The third-order valence-corrected chi connectivity index (χ3v) is 10.7. The number of hydrogen-bond donors (Lipinski definition) is 1. The molecule has 0 saturated carbocycles. The van der Waals surface area contributed by atoms with Crippen LogP contribution in [0.5, 0.6) is 11.5 Å². The molecule has 0 radical (unpaired) electrons. The molecule has 0 aromatic heterocycles. The van der Waals surface area contributed by atoms with E-state index in [0.29, 0.717) is 25.3 Å². The van der Waals surface area contributed by atoms with Crippen molar-refractivity contribution in [2.75, 3.05) is 32.8 Å². The molecule has 21 heteroatoms. The van der Waals surface area contributed by atoms with Crippen LogP contribution >= 0.6 is 24.4 Å². The van der Waals surface area contributed by atoms with E-state index in [0.717, 1.165) is 40.1 Å². The van der Waals surface area contributed by atoms with Crippen LogP contribution < -0.4 is 24.3 Å². The summed E-state index contributed by atoms with van der Waals surface area (Å²) in [6.45, 7) is 10.8. The predicted molar refractivity (Wildman–Crippen MR) is 227 cm³/mol. The Hall–Kier alpha value is -6.42. The van der Waals surface area contributed by atoms with E-state index < -0.39 is 74.9 Å². The molecule has 0 bridgehead atoms. The van der Waals surface area contributed by atoms with Crippen molar-refractivity contribution in [2.24, 2.45) is 0 Å². The maximum atomic E-state index is 14.7. The minimum Gasteiger partial charge on any atom is -0.505 e. The van der Waals surface area contributed by atoms with Crippen LogP contribution in [0.4, 0.5) is 57.9 Å². The number of nitriles is 2. The summed E-state index contributed by atoms with van der Waals surface area (Å²) in [6.07, 6.45) is -9.85. The number of alkyl halides is 6. The van der Waals surface area contributed by atoms with Gasteiger partial charge in [0, 0.05) is 23.5 Å². The van der Waals surface area contributed by atoms with Crippen LogP contribution in [-0.2, 0) is 26.7 Å². The van der Waals surface area contributed by atoms with Crippen LogP contribution in [0.1, 0.15) is 63.8 Å². The standard InChI is InChI=1S/C22H17F4N3O3S.C19H13F4N3O2S.C2H6/c1-21(2)19(30)28(13-4-3-12(9-27)16(7-13)22(24,25)26)20(33)29(21)14-5-6-18(17(23)8-14)32-15-10-31-11-15;1-18(2)16(28)25(11-4-3-10(9-24)13(7-11)19(21,22)23)17(29)26(18)12-5-6-15(27)14(20)8-12;1-2/h3-8,15H,10-11H2,1-2H3;3-8,27H,1-2H3;1-2H3. The molecule has 1 N–H and O–H groups in total. The molecule has 3 aliphatic rings. The monoisotopic (exact) mass is 932 g/mol. The van der Waals surface area contributed by atoms with Crippen LogP contribution in [0.2, 0.25) is 0 Å². The molecule has 7 rings (SSSR count). The molecule has 0 spiro atoms. The first kappa shape index (κ1) is 48.6. The maximum absolute atomic E-state index is 14.7. The summed E-state index contributed by atoms with van der Waals surface area (Å²) in [6, 6.07) is 16.2. The first-order valence-corrected chi connectivity index (χ1v) is 19.8. The summed E-state index contributed by atoms with van der Waals surface area (Å²) in [5, 5.41) is 27.1. The Balaban J connectivity index is 0.000000234. The fraction of sp³-hybridized carbons (Fsp3) is 0.302. The van der Waals surface area contributed by atoms with Gasteiger partial charge in [0.15, 0.2) is 33.4 Å². The molecule has 0 atom stereocenters. The number of thiocarbonyl (C=S) groups is 2. The number of carbonyl (C=O) groups is 2. The highest BCUT2D eigenvalue weighted by molar-refractivity contribution is 7.81. The van der Waals surface area contributed by atoms with Crippen molar-refractivity contribution < 1.29 is 59.3 Å². The average molecular weight is 933 g/mol. The number of nitrogens with zero attached hydrogens (tertiary/aromatic N) is 6. The number of ether oxygens (including phenoxy) is 2. The highest BCUT2D eigenvalue weighted by Crippen LogP contribution is 2.42. The normalized spacial score (nSPS) is 16.9. The van der Waals surface area contributed by atoms with Crippen LogP contribution in [0.3, 0.4) is 0 Å². The summed E-state index contributed by atoms with van der Waals surface area (Å²) in [5.74, 6) is -3.43. The van der Waals surface area contributed by atoms with Crippen LogP contribution in [0, 0.1) is 34.3 Å². The van der Waals surface area contributed by atoms with Gasteiger partial charge in [0.2, 0.25) is 0 Å². The van der Waals surface area contributed by atoms with Crippen molar-refractivity contribution in [1.29, 1.82) is 10.5 Å². The van der Waals surface area contributed by atoms with E-state index in [1.165, 1.54) is 80.0 Å². The van der Waals surface area contributed by atoms with Gasteiger partial charge in [-0.2, -0.15) is 36.9 Å². The number of amides is 2. The zero-order valence-corrected chi connectivity index (χ0v) is 36.2. The molecule has 4 aromatic rings. The van der Waals surface area contributed by atoms with Gasteiger partial charge in [-0.05, 0) is 113 Å². The number of halogens is 8. The molecule has 336 valence electrons. The van der Waals surface area contributed by atoms with Gasteiger partial charge in [-0.1, -0.05) is 13.8 Å². The molecule has 3 saturated heterocycles. The molecule has 11 nitrogen and oxygen atoms in total. The molecule has 3 heterocycles. The first-order valence-electron chi connectivity index (χ1n) is 19.0. The first-order chi connectivity index (χ1) is 29.8. The minimum atomic E-state index is -4.80. The number of phenolic OH excluding ortho intramolecular Hbond substituents is 1. The third-order valence-electron chi connectivity index (χ3n) is 9.97. The Morgan fingerprint density at radius 2 is 1.06 bits per heavy atom. The van der Waals surface area contributed by atoms with Gasteiger partial charge in [0.25, 0.3) is 11.8 Å². The Morgan fingerprint density at radius 3 is 1.41 bits per heavy atom. The number of carbonyl (C=O) groups excluding carboxylic acids is 2. The number of rotatable bonds is 6. The Bertz CT molecular complexity index is 2620. The number of aromatic hydroxyl groups is 1. The number of anilines is 4. The quantitative estimate of drug-likeness (QED) is 0.146. The van der Waals surface area contributed by atoms with Gasteiger partial charge in [0.05, 0.1) is 59.0 Å². The molecule has 64 heavy (non-hydrogen) atoms. The zero-order chi connectivity index (χ0) is 47.9. The molecule has 4 aromatic carbocycles. The summed E-state index contributed by atoms with van der Waals surface area (Å²) in [5.41, 5.74) is -6.12. The molecule has 3 fully saturated rings. The Labute approximate surface area is 372 Å². The number of benzene rings is 4. The van der Waals surface area contributed by atoms with Crippen molar-refractivity contribution in [2.45, 2.75) is 71.1 Å².